The maximum absolute atomic E-state index is 4.73. The minimum Gasteiger partial charge on any atom is -0.333 e. The van der Waals surface area contributed by atoms with Crippen LogP contribution in [0.1, 0.15) is 22.4 Å². The third kappa shape index (κ3) is 2.59. The van der Waals surface area contributed by atoms with Gasteiger partial charge in [-0.3, -0.25) is 0 Å². The fourth-order valence-corrected chi connectivity index (χ4v) is 3.86. The molecule has 0 saturated heterocycles. The van der Waals surface area contributed by atoms with Crippen LogP contribution >= 0.6 is 0 Å². The number of rotatable bonds is 2. The first kappa shape index (κ1) is 15.8. The van der Waals surface area contributed by atoms with Gasteiger partial charge in [-0.1, -0.05) is 78.9 Å². The monoisotopic (exact) mass is 349 g/mol. The van der Waals surface area contributed by atoms with E-state index in [2.05, 4.69) is 65.1 Å². The number of para-hydroxylation sites is 1. The molecule has 5 rings (SSSR count). The van der Waals surface area contributed by atoms with Gasteiger partial charge in [-0.2, -0.15) is 5.10 Å². The Labute approximate surface area is 158 Å². The van der Waals surface area contributed by atoms with Crippen molar-refractivity contribution >= 4 is 22.3 Å². The zero-order valence-electron chi connectivity index (χ0n) is 15.1. The van der Waals surface area contributed by atoms with Crippen molar-refractivity contribution in [2.45, 2.75) is 13.5 Å². The lowest BCUT2D eigenvalue weighted by molar-refractivity contribution is 0.886. The van der Waals surface area contributed by atoms with Gasteiger partial charge in [0.2, 0.25) is 0 Å². The number of hydrogen-bond acceptors (Lipinski definition) is 2. The number of benzene rings is 3. The Bertz CT molecular complexity index is 1180. The quantitative estimate of drug-likeness (QED) is 0.476. The van der Waals surface area contributed by atoms with Crippen LogP contribution < -0.4 is 0 Å². The van der Waals surface area contributed by atoms with Crippen LogP contribution in [0.4, 0.5) is 0 Å². The van der Waals surface area contributed by atoms with E-state index < -0.39 is 0 Å². The first-order valence-corrected chi connectivity index (χ1v) is 9.16. The zero-order chi connectivity index (χ0) is 18.2. The van der Waals surface area contributed by atoms with Gasteiger partial charge in [-0.15, -0.1) is 5.10 Å². The van der Waals surface area contributed by atoms with Gasteiger partial charge >= 0.3 is 0 Å². The van der Waals surface area contributed by atoms with E-state index in [4.69, 9.17) is 5.10 Å². The van der Waals surface area contributed by atoms with E-state index in [0.29, 0.717) is 6.54 Å². The second-order valence-corrected chi connectivity index (χ2v) is 6.80. The molecule has 4 aromatic rings. The molecule has 0 fully saturated rings. The van der Waals surface area contributed by atoms with Gasteiger partial charge in [0.1, 0.15) is 5.71 Å². The molecule has 0 radical (unpaired) electrons. The highest BCUT2D eigenvalue weighted by molar-refractivity contribution is 6.17. The average Bonchev–Trinajstić information content (AvgIpc) is 2.89. The standard InChI is InChI=1S/C24H19N3/c1-17-20-14-8-9-15-22(20)27-16-21(18-10-4-2-5-11-18)25-26-23(24(17)27)19-12-6-3-7-13-19/h2-15H,16H2,1H3. The van der Waals surface area contributed by atoms with Gasteiger partial charge in [-0.05, 0) is 24.1 Å². The minimum absolute atomic E-state index is 0.702. The van der Waals surface area contributed by atoms with Crippen molar-refractivity contribution in [3.8, 4) is 0 Å². The molecule has 0 atom stereocenters. The molecule has 3 heteroatoms. The number of fused-ring (bicyclic) bond motifs is 3. The van der Waals surface area contributed by atoms with Crippen molar-refractivity contribution < 1.29 is 0 Å². The number of aryl methyl sites for hydroxylation is 1. The van der Waals surface area contributed by atoms with Crippen LogP contribution in [0, 0.1) is 6.92 Å². The van der Waals surface area contributed by atoms with E-state index in [1.165, 1.54) is 16.5 Å². The maximum atomic E-state index is 4.73. The molecule has 0 amide bonds. The lowest BCUT2D eigenvalue weighted by Gasteiger charge is -2.11. The molecule has 1 aliphatic rings. The summed E-state index contributed by atoms with van der Waals surface area (Å²) >= 11 is 0. The molecule has 1 aromatic heterocycles. The topological polar surface area (TPSA) is 29.6 Å². The Hall–Kier alpha value is -3.46. The zero-order valence-corrected chi connectivity index (χ0v) is 15.1. The summed E-state index contributed by atoms with van der Waals surface area (Å²) in [6.07, 6.45) is 0. The van der Waals surface area contributed by atoms with Gasteiger partial charge in [0.05, 0.1) is 18.0 Å². The average molecular weight is 349 g/mol. The summed E-state index contributed by atoms with van der Waals surface area (Å²) in [5.74, 6) is 0. The van der Waals surface area contributed by atoms with Crippen molar-refractivity contribution in [2.24, 2.45) is 10.2 Å². The molecule has 0 spiro atoms. The van der Waals surface area contributed by atoms with Crippen LogP contribution in [-0.2, 0) is 6.54 Å². The van der Waals surface area contributed by atoms with Crippen molar-refractivity contribution in [1.29, 1.82) is 0 Å². The largest absolute Gasteiger partial charge is 0.333 e. The lowest BCUT2D eigenvalue weighted by Crippen LogP contribution is -2.15. The molecule has 3 nitrogen and oxygen atoms in total. The summed E-state index contributed by atoms with van der Waals surface area (Å²) in [7, 11) is 0. The molecule has 1 aliphatic heterocycles. The summed E-state index contributed by atoms with van der Waals surface area (Å²) < 4.78 is 2.36. The van der Waals surface area contributed by atoms with Crippen molar-refractivity contribution in [2.75, 3.05) is 0 Å². The SMILES string of the molecule is Cc1c2n(c3ccccc13)CC(c1ccccc1)=NN=C2c1ccccc1. The lowest BCUT2D eigenvalue weighted by atomic mass is 10.0. The second-order valence-electron chi connectivity index (χ2n) is 6.80. The number of hydrogen-bond donors (Lipinski definition) is 0. The van der Waals surface area contributed by atoms with E-state index in [9.17, 15) is 0 Å². The number of nitrogens with zero attached hydrogens (tertiary/aromatic N) is 3. The van der Waals surface area contributed by atoms with Crippen LogP contribution in [0.25, 0.3) is 10.9 Å². The molecular formula is C24H19N3. The fourth-order valence-electron chi connectivity index (χ4n) is 3.86. The Balaban J connectivity index is 1.80. The third-order valence-corrected chi connectivity index (χ3v) is 5.18. The van der Waals surface area contributed by atoms with Gasteiger partial charge < -0.3 is 4.57 Å². The molecule has 0 aliphatic carbocycles. The predicted octanol–water partition coefficient (Wildman–Crippen LogP) is 5.21. The predicted molar refractivity (Wildman–Crippen MR) is 112 cm³/mol. The normalized spacial score (nSPS) is 13.7. The van der Waals surface area contributed by atoms with Gasteiger partial charge in [0.15, 0.2) is 0 Å². The second kappa shape index (κ2) is 6.36. The molecule has 27 heavy (non-hydrogen) atoms. The first-order chi connectivity index (χ1) is 13.3. The van der Waals surface area contributed by atoms with Crippen molar-refractivity contribution in [3.63, 3.8) is 0 Å². The molecule has 130 valence electrons. The van der Waals surface area contributed by atoms with E-state index in [0.717, 1.165) is 28.2 Å². The highest BCUT2D eigenvalue weighted by Gasteiger charge is 2.23. The summed E-state index contributed by atoms with van der Waals surface area (Å²) in [4.78, 5) is 0. The molecule has 0 N–H and O–H groups in total. The Kier molecular flexibility index (Phi) is 3.72. The van der Waals surface area contributed by atoms with Gasteiger partial charge in [0.25, 0.3) is 0 Å². The Morgan fingerprint density at radius 3 is 2.07 bits per heavy atom. The molecule has 3 aromatic carbocycles. The highest BCUT2D eigenvalue weighted by Crippen LogP contribution is 2.29. The van der Waals surface area contributed by atoms with E-state index >= 15 is 0 Å². The third-order valence-electron chi connectivity index (χ3n) is 5.18. The molecule has 0 saturated carbocycles. The Morgan fingerprint density at radius 2 is 1.33 bits per heavy atom. The minimum atomic E-state index is 0.702. The van der Waals surface area contributed by atoms with E-state index in [1.807, 2.05) is 36.4 Å². The van der Waals surface area contributed by atoms with Crippen LogP contribution in [0.15, 0.2) is 95.1 Å². The molecular weight excluding hydrogens is 330 g/mol. The van der Waals surface area contributed by atoms with Gasteiger partial charge in [-0.25, -0.2) is 0 Å². The van der Waals surface area contributed by atoms with E-state index in [1.54, 1.807) is 0 Å². The van der Waals surface area contributed by atoms with Crippen LogP contribution in [-0.4, -0.2) is 16.0 Å². The molecule has 0 bridgehead atoms. The smallest absolute Gasteiger partial charge is 0.117 e. The summed E-state index contributed by atoms with van der Waals surface area (Å²) in [5, 5.41) is 10.7. The van der Waals surface area contributed by atoms with Crippen LogP contribution in [0.2, 0.25) is 0 Å². The maximum Gasteiger partial charge on any atom is 0.117 e. The Morgan fingerprint density at radius 1 is 0.704 bits per heavy atom. The summed E-state index contributed by atoms with van der Waals surface area (Å²) in [6, 6.07) is 29.2. The van der Waals surface area contributed by atoms with Crippen molar-refractivity contribution in [3.05, 3.63) is 107 Å². The molecule has 0 unspecified atom stereocenters. The fraction of sp³-hybridized carbons (Fsp3) is 0.0833. The van der Waals surface area contributed by atoms with Crippen LogP contribution in [0.5, 0.6) is 0 Å². The summed E-state index contributed by atoms with van der Waals surface area (Å²) in [6.45, 7) is 2.88. The highest BCUT2D eigenvalue weighted by atomic mass is 15.2. The van der Waals surface area contributed by atoms with Crippen LogP contribution in [0.3, 0.4) is 0 Å². The number of aromatic nitrogens is 1. The molecule has 2 heterocycles. The first-order valence-electron chi connectivity index (χ1n) is 9.16. The van der Waals surface area contributed by atoms with E-state index in [-0.39, 0.29) is 0 Å². The van der Waals surface area contributed by atoms with Crippen molar-refractivity contribution in [1.82, 2.24) is 4.57 Å². The van der Waals surface area contributed by atoms with Gasteiger partial charge in [0, 0.05) is 16.5 Å². The summed E-state index contributed by atoms with van der Waals surface area (Å²) in [5.41, 5.74) is 7.72.